The van der Waals surface area contributed by atoms with E-state index in [4.69, 9.17) is 5.11 Å². The second-order valence-electron chi connectivity index (χ2n) is 4.33. The Morgan fingerprint density at radius 2 is 2.05 bits per heavy atom. The van der Waals surface area contributed by atoms with Crippen LogP contribution in [0.5, 0.6) is 0 Å². The van der Waals surface area contributed by atoms with Crippen LogP contribution in [-0.4, -0.2) is 27.8 Å². The lowest BCUT2D eigenvalue weighted by Crippen LogP contribution is -2.21. The summed E-state index contributed by atoms with van der Waals surface area (Å²) in [7, 11) is 0. The fourth-order valence-electron chi connectivity index (χ4n) is 2.03. The highest BCUT2D eigenvalue weighted by Crippen LogP contribution is 2.41. The van der Waals surface area contributed by atoms with Crippen molar-refractivity contribution < 1.29 is 19.5 Å². The standard InChI is InChI=1S/C13H8N2O4S/c1-5-2-3-6-7(4-5)8-10(9(6)16)20-13(14-8)15-11(17)12(18)19/h2-4H,1H3,(H,18,19)(H,14,15,17). The number of aliphatic carboxylic acids is 1. The van der Waals surface area contributed by atoms with Gasteiger partial charge in [0.2, 0.25) is 5.78 Å². The zero-order valence-corrected chi connectivity index (χ0v) is 11.1. The van der Waals surface area contributed by atoms with Crippen LogP contribution >= 0.6 is 11.3 Å². The molecule has 1 aromatic heterocycles. The number of fused-ring (bicyclic) bond motifs is 3. The molecule has 1 aromatic carbocycles. The van der Waals surface area contributed by atoms with Gasteiger partial charge in [-0.25, -0.2) is 9.78 Å². The van der Waals surface area contributed by atoms with Crippen LogP contribution in [0, 0.1) is 6.92 Å². The molecule has 1 aliphatic rings. The minimum absolute atomic E-state index is 0.114. The molecule has 0 bridgehead atoms. The number of carbonyl (C=O) groups is 3. The summed E-state index contributed by atoms with van der Waals surface area (Å²) in [4.78, 5) is 38.3. The van der Waals surface area contributed by atoms with Crippen LogP contribution in [0.25, 0.3) is 11.3 Å². The fraction of sp³-hybridized carbons (Fsp3) is 0.0769. The Bertz CT molecular complexity index is 779. The molecule has 0 saturated carbocycles. The van der Waals surface area contributed by atoms with Crippen LogP contribution < -0.4 is 5.32 Å². The summed E-state index contributed by atoms with van der Waals surface area (Å²) in [5.74, 6) is -2.92. The maximum Gasteiger partial charge on any atom is 0.394 e. The van der Waals surface area contributed by atoms with Gasteiger partial charge < -0.3 is 5.11 Å². The van der Waals surface area contributed by atoms with Gasteiger partial charge >= 0.3 is 11.9 Å². The topological polar surface area (TPSA) is 96.4 Å². The molecule has 0 spiro atoms. The van der Waals surface area contributed by atoms with E-state index in [1.807, 2.05) is 19.1 Å². The highest BCUT2D eigenvalue weighted by Gasteiger charge is 2.31. The first-order valence-corrected chi connectivity index (χ1v) is 6.50. The number of carboxylic acids is 1. The van der Waals surface area contributed by atoms with Gasteiger partial charge in [0.1, 0.15) is 4.88 Å². The zero-order valence-electron chi connectivity index (χ0n) is 10.3. The average Bonchev–Trinajstić information content (AvgIpc) is 2.90. The van der Waals surface area contributed by atoms with E-state index in [0.717, 1.165) is 22.5 Å². The average molecular weight is 288 g/mol. The maximum atomic E-state index is 12.2. The van der Waals surface area contributed by atoms with Crippen LogP contribution in [0.3, 0.4) is 0 Å². The van der Waals surface area contributed by atoms with Gasteiger partial charge in [-0.15, -0.1) is 0 Å². The summed E-state index contributed by atoms with van der Waals surface area (Å²) in [6.45, 7) is 1.90. The number of amides is 1. The first kappa shape index (κ1) is 12.5. The molecule has 3 rings (SSSR count). The number of hydrogen-bond donors (Lipinski definition) is 2. The summed E-state index contributed by atoms with van der Waals surface area (Å²) in [6.07, 6.45) is 0. The van der Waals surface area contributed by atoms with E-state index in [1.54, 1.807) is 6.07 Å². The number of benzene rings is 1. The third kappa shape index (κ3) is 1.79. The summed E-state index contributed by atoms with van der Waals surface area (Å²) >= 11 is 0.982. The number of aromatic nitrogens is 1. The number of carbonyl (C=O) groups excluding carboxylic acids is 2. The number of carboxylic acid groups (broad SMARTS) is 1. The van der Waals surface area contributed by atoms with Crippen LogP contribution in [-0.2, 0) is 9.59 Å². The Hall–Kier alpha value is -2.54. The van der Waals surface area contributed by atoms with Crippen molar-refractivity contribution in [1.82, 2.24) is 4.98 Å². The summed E-state index contributed by atoms with van der Waals surface area (Å²) in [6, 6.07) is 5.44. The number of anilines is 1. The third-order valence-electron chi connectivity index (χ3n) is 2.92. The molecular formula is C13H8N2O4S. The minimum atomic E-state index is -1.59. The molecule has 0 unspecified atom stereocenters. The Labute approximate surface area is 117 Å². The fourth-order valence-corrected chi connectivity index (χ4v) is 2.96. The zero-order chi connectivity index (χ0) is 14.4. The van der Waals surface area contributed by atoms with Crippen LogP contribution in [0.4, 0.5) is 5.13 Å². The van der Waals surface area contributed by atoms with Crippen molar-refractivity contribution in [1.29, 1.82) is 0 Å². The van der Waals surface area contributed by atoms with E-state index >= 15 is 0 Å². The molecule has 6 nitrogen and oxygen atoms in total. The molecule has 0 aliphatic heterocycles. The quantitative estimate of drug-likeness (QED) is 0.664. The molecule has 0 radical (unpaired) electrons. The lowest BCUT2D eigenvalue weighted by molar-refractivity contribution is -0.147. The first-order chi connectivity index (χ1) is 9.47. The summed E-state index contributed by atoms with van der Waals surface area (Å²) < 4.78 is 0. The van der Waals surface area contributed by atoms with E-state index in [0.29, 0.717) is 16.1 Å². The number of rotatable bonds is 1. The van der Waals surface area contributed by atoms with Gasteiger partial charge in [-0.3, -0.25) is 14.9 Å². The van der Waals surface area contributed by atoms with Gasteiger partial charge in [-0.05, 0) is 13.0 Å². The number of hydrogen-bond acceptors (Lipinski definition) is 5. The molecule has 100 valence electrons. The smallest absolute Gasteiger partial charge is 0.394 e. The molecule has 2 aromatic rings. The van der Waals surface area contributed by atoms with Gasteiger partial charge in [-0.2, -0.15) is 0 Å². The number of nitrogens with one attached hydrogen (secondary N) is 1. The van der Waals surface area contributed by atoms with Crippen molar-refractivity contribution in [2.75, 3.05) is 5.32 Å². The lowest BCUT2D eigenvalue weighted by atomic mass is 10.1. The minimum Gasteiger partial charge on any atom is -0.474 e. The normalized spacial score (nSPS) is 11.9. The number of aryl methyl sites for hydroxylation is 1. The van der Waals surface area contributed by atoms with Crippen molar-refractivity contribution in [2.24, 2.45) is 0 Å². The highest BCUT2D eigenvalue weighted by atomic mass is 32.1. The van der Waals surface area contributed by atoms with Crippen LogP contribution in [0.2, 0.25) is 0 Å². The first-order valence-electron chi connectivity index (χ1n) is 5.68. The van der Waals surface area contributed by atoms with Crippen LogP contribution in [0.1, 0.15) is 20.8 Å². The lowest BCUT2D eigenvalue weighted by Gasteiger charge is -2.00. The van der Waals surface area contributed by atoms with Gasteiger partial charge in [0.25, 0.3) is 0 Å². The van der Waals surface area contributed by atoms with Gasteiger partial charge in [0, 0.05) is 11.1 Å². The molecule has 1 aliphatic carbocycles. The van der Waals surface area contributed by atoms with Crippen molar-refractivity contribution in [3.05, 3.63) is 34.2 Å². The molecule has 0 saturated heterocycles. The Morgan fingerprint density at radius 3 is 2.75 bits per heavy atom. The van der Waals surface area contributed by atoms with Gasteiger partial charge in [-0.1, -0.05) is 29.0 Å². The van der Waals surface area contributed by atoms with Crippen molar-refractivity contribution in [2.45, 2.75) is 6.92 Å². The molecule has 1 heterocycles. The Morgan fingerprint density at radius 1 is 1.30 bits per heavy atom. The predicted octanol–water partition coefficient (Wildman–Crippen LogP) is 1.69. The molecule has 1 amide bonds. The molecule has 7 heteroatoms. The second kappa shape index (κ2) is 4.24. The van der Waals surface area contributed by atoms with E-state index < -0.39 is 11.9 Å². The Kier molecular flexibility index (Phi) is 2.65. The molecule has 20 heavy (non-hydrogen) atoms. The molecule has 2 N–H and O–H groups in total. The van der Waals surface area contributed by atoms with Crippen molar-refractivity contribution in [3.63, 3.8) is 0 Å². The molecule has 0 atom stereocenters. The van der Waals surface area contributed by atoms with Crippen LogP contribution in [0.15, 0.2) is 18.2 Å². The third-order valence-corrected chi connectivity index (χ3v) is 3.89. The van der Waals surface area contributed by atoms with Gasteiger partial charge in [0.15, 0.2) is 5.13 Å². The van der Waals surface area contributed by atoms with E-state index in [2.05, 4.69) is 10.3 Å². The predicted molar refractivity (Wildman–Crippen MR) is 72.0 cm³/mol. The maximum absolute atomic E-state index is 12.2. The Balaban J connectivity index is 2.04. The van der Waals surface area contributed by atoms with Crippen molar-refractivity contribution in [3.8, 4) is 11.3 Å². The monoisotopic (exact) mass is 288 g/mol. The van der Waals surface area contributed by atoms with E-state index in [1.165, 1.54) is 0 Å². The summed E-state index contributed by atoms with van der Waals surface area (Å²) in [5, 5.41) is 10.8. The number of thiazole rings is 1. The van der Waals surface area contributed by atoms with Gasteiger partial charge in [0.05, 0.1) is 5.69 Å². The largest absolute Gasteiger partial charge is 0.474 e. The number of nitrogens with zero attached hydrogens (tertiary/aromatic N) is 1. The number of ketones is 1. The molecular weight excluding hydrogens is 280 g/mol. The van der Waals surface area contributed by atoms with E-state index in [-0.39, 0.29) is 10.9 Å². The molecule has 0 fully saturated rings. The summed E-state index contributed by atoms with van der Waals surface area (Å²) in [5.41, 5.74) is 2.80. The SMILES string of the molecule is Cc1ccc2c(c1)-c1nc(NC(=O)C(=O)O)sc1C2=O. The van der Waals surface area contributed by atoms with E-state index in [9.17, 15) is 14.4 Å². The highest BCUT2D eigenvalue weighted by molar-refractivity contribution is 7.18. The van der Waals surface area contributed by atoms with Crippen molar-refractivity contribution >= 4 is 34.1 Å². The second-order valence-corrected chi connectivity index (χ2v) is 5.33.